The third-order valence-electron chi connectivity index (χ3n) is 5.74. The molecule has 0 aliphatic carbocycles. The highest BCUT2D eigenvalue weighted by Gasteiger charge is 2.34. The molecule has 4 rings (SSSR count). The SMILES string of the molecule is COC(=O)C1CN(c2cccc(-n3cc(S(=O)(=O)N(C)C)c4cc(C(F)(F)F)ccc43)c2)C1. The maximum absolute atomic E-state index is 13.3. The Morgan fingerprint density at radius 2 is 1.76 bits per heavy atom. The summed E-state index contributed by atoms with van der Waals surface area (Å²) in [5, 5.41) is -0.0152. The van der Waals surface area contributed by atoms with E-state index < -0.39 is 21.8 Å². The normalized spacial score (nSPS) is 15.2. The molecule has 7 nitrogen and oxygen atoms in total. The fourth-order valence-electron chi connectivity index (χ4n) is 3.84. The minimum atomic E-state index is -4.61. The summed E-state index contributed by atoms with van der Waals surface area (Å²) in [6.45, 7) is 0.968. The van der Waals surface area contributed by atoms with Crippen molar-refractivity contribution in [3.05, 3.63) is 54.2 Å². The maximum Gasteiger partial charge on any atom is 0.416 e. The standard InChI is InChI=1S/C22H22F3N3O4S/c1-26(2)33(30,31)20-13-28(19-8-7-15(9-18(19)20)22(23,24)25)17-6-4-5-16(10-17)27-11-14(12-27)21(29)32-3/h4-10,13-14H,11-12H2,1-3H3. The van der Waals surface area contributed by atoms with Gasteiger partial charge in [-0.25, -0.2) is 12.7 Å². The number of fused-ring (bicyclic) bond motifs is 1. The third kappa shape index (κ3) is 4.06. The molecule has 0 saturated carbocycles. The van der Waals surface area contributed by atoms with Crippen LogP contribution in [0, 0.1) is 5.92 Å². The topological polar surface area (TPSA) is 71.8 Å². The van der Waals surface area contributed by atoms with Crippen molar-refractivity contribution in [2.45, 2.75) is 11.1 Å². The van der Waals surface area contributed by atoms with Crippen LogP contribution >= 0.6 is 0 Å². The zero-order valence-corrected chi connectivity index (χ0v) is 18.9. The number of carbonyl (C=O) groups excluding carboxylic acids is 1. The number of halogens is 3. The first-order valence-electron chi connectivity index (χ1n) is 10.0. The van der Waals surface area contributed by atoms with Gasteiger partial charge < -0.3 is 14.2 Å². The number of sulfonamides is 1. The Hall–Kier alpha value is -3.05. The molecule has 0 unspecified atom stereocenters. The van der Waals surface area contributed by atoms with Gasteiger partial charge >= 0.3 is 12.1 Å². The monoisotopic (exact) mass is 481 g/mol. The summed E-state index contributed by atoms with van der Waals surface area (Å²) in [5.41, 5.74) is 0.792. The van der Waals surface area contributed by atoms with Gasteiger partial charge in [0.1, 0.15) is 4.90 Å². The first kappa shape index (κ1) is 23.1. The summed E-state index contributed by atoms with van der Waals surface area (Å²) < 4.78 is 73.1. The largest absolute Gasteiger partial charge is 0.469 e. The van der Waals surface area contributed by atoms with Gasteiger partial charge in [0.2, 0.25) is 10.0 Å². The summed E-state index contributed by atoms with van der Waals surface area (Å²) in [5.74, 6) is -0.499. The molecule has 176 valence electrons. The maximum atomic E-state index is 13.3. The lowest BCUT2D eigenvalue weighted by Gasteiger charge is -2.39. The van der Waals surface area contributed by atoms with Crippen molar-refractivity contribution in [3.63, 3.8) is 0 Å². The molecule has 1 saturated heterocycles. The van der Waals surface area contributed by atoms with Gasteiger partial charge in [0.15, 0.2) is 0 Å². The lowest BCUT2D eigenvalue weighted by Crippen LogP contribution is -2.50. The van der Waals surface area contributed by atoms with E-state index in [0.717, 1.165) is 22.1 Å². The van der Waals surface area contributed by atoms with Crippen LogP contribution in [-0.2, 0) is 25.7 Å². The summed E-state index contributed by atoms with van der Waals surface area (Å²) in [6.07, 6.45) is -3.27. The average molecular weight is 481 g/mol. The van der Waals surface area contributed by atoms with E-state index in [0.29, 0.717) is 24.3 Å². The summed E-state index contributed by atoms with van der Waals surface area (Å²) in [4.78, 5) is 13.4. The molecule has 2 aromatic carbocycles. The zero-order valence-electron chi connectivity index (χ0n) is 18.1. The molecular weight excluding hydrogens is 459 g/mol. The molecule has 33 heavy (non-hydrogen) atoms. The van der Waals surface area contributed by atoms with Crippen molar-refractivity contribution < 1.29 is 31.1 Å². The van der Waals surface area contributed by atoms with Crippen LogP contribution in [0.25, 0.3) is 16.6 Å². The van der Waals surface area contributed by atoms with Gasteiger partial charge in [0.25, 0.3) is 0 Å². The Labute approximate surface area is 189 Å². The first-order chi connectivity index (χ1) is 15.4. The van der Waals surface area contributed by atoms with E-state index in [2.05, 4.69) is 0 Å². The number of methoxy groups -OCH3 is 1. The van der Waals surface area contributed by atoms with Gasteiger partial charge in [0.05, 0.1) is 24.1 Å². The van der Waals surface area contributed by atoms with Crippen LogP contribution in [0.15, 0.2) is 53.6 Å². The number of aromatic nitrogens is 1. The number of ether oxygens (including phenoxy) is 1. The molecule has 0 atom stereocenters. The summed E-state index contributed by atoms with van der Waals surface area (Å²) in [6, 6.07) is 10.2. The van der Waals surface area contributed by atoms with Gasteiger partial charge in [-0.05, 0) is 36.4 Å². The lowest BCUT2D eigenvalue weighted by molar-refractivity contribution is -0.146. The quantitative estimate of drug-likeness (QED) is 0.522. The van der Waals surface area contributed by atoms with Gasteiger partial charge in [-0.3, -0.25) is 4.79 Å². The van der Waals surface area contributed by atoms with Crippen molar-refractivity contribution in [1.82, 2.24) is 8.87 Å². The van der Waals surface area contributed by atoms with Crippen molar-refractivity contribution in [1.29, 1.82) is 0 Å². The molecule has 3 aromatic rings. The average Bonchev–Trinajstić information content (AvgIpc) is 3.11. The molecule has 1 aliphatic rings. The molecular formula is C22H22F3N3O4S. The van der Waals surface area contributed by atoms with Crippen LogP contribution in [0.2, 0.25) is 0 Å². The number of nitrogens with zero attached hydrogens (tertiary/aromatic N) is 3. The van der Waals surface area contributed by atoms with E-state index in [4.69, 9.17) is 4.74 Å². The minimum Gasteiger partial charge on any atom is -0.469 e. The van der Waals surface area contributed by atoms with E-state index in [9.17, 15) is 26.4 Å². The van der Waals surface area contributed by atoms with E-state index >= 15 is 0 Å². The number of benzene rings is 2. The van der Waals surface area contributed by atoms with Gasteiger partial charge in [-0.15, -0.1) is 0 Å². The van der Waals surface area contributed by atoms with E-state index in [1.807, 2.05) is 11.0 Å². The van der Waals surface area contributed by atoms with Gasteiger partial charge in [-0.1, -0.05) is 6.07 Å². The van der Waals surface area contributed by atoms with Crippen LogP contribution in [-0.4, -0.2) is 57.6 Å². The number of rotatable bonds is 5. The third-order valence-corrected chi connectivity index (χ3v) is 7.59. The van der Waals surface area contributed by atoms with Crippen LogP contribution in [0.1, 0.15) is 5.56 Å². The molecule has 0 spiro atoms. The van der Waals surface area contributed by atoms with Gasteiger partial charge in [-0.2, -0.15) is 13.2 Å². The molecule has 11 heteroatoms. The van der Waals surface area contributed by atoms with E-state index in [1.54, 1.807) is 22.8 Å². The number of esters is 1. The van der Waals surface area contributed by atoms with Crippen molar-refractivity contribution in [3.8, 4) is 5.69 Å². The molecule has 1 aromatic heterocycles. The predicted octanol–water partition coefficient (Wildman–Crippen LogP) is 3.51. The Morgan fingerprint density at radius 3 is 2.36 bits per heavy atom. The minimum absolute atomic E-state index is 0.0152. The highest BCUT2D eigenvalue weighted by Crippen LogP contribution is 2.36. The molecule has 0 amide bonds. The highest BCUT2D eigenvalue weighted by molar-refractivity contribution is 7.89. The number of alkyl halides is 3. The smallest absolute Gasteiger partial charge is 0.416 e. The first-order valence-corrected chi connectivity index (χ1v) is 11.5. The second kappa shape index (κ2) is 8.07. The zero-order chi connectivity index (χ0) is 24.1. The van der Waals surface area contributed by atoms with Crippen LogP contribution in [0.4, 0.5) is 18.9 Å². The van der Waals surface area contributed by atoms with Crippen LogP contribution in [0.5, 0.6) is 0 Å². The number of hydrogen-bond donors (Lipinski definition) is 0. The lowest BCUT2D eigenvalue weighted by atomic mass is 9.99. The Kier molecular flexibility index (Phi) is 5.65. The molecule has 0 radical (unpaired) electrons. The fourth-order valence-corrected chi connectivity index (χ4v) is 4.91. The number of anilines is 1. The van der Waals surface area contributed by atoms with E-state index in [-0.39, 0.29) is 22.2 Å². The van der Waals surface area contributed by atoms with Crippen LogP contribution < -0.4 is 4.90 Å². The molecule has 1 fully saturated rings. The summed E-state index contributed by atoms with van der Waals surface area (Å²) in [7, 11) is -0.0142. The van der Waals surface area contributed by atoms with Crippen molar-refractivity contribution in [2.24, 2.45) is 5.92 Å². The molecule has 0 bridgehead atoms. The van der Waals surface area contributed by atoms with Crippen molar-refractivity contribution in [2.75, 3.05) is 39.2 Å². The second-order valence-electron chi connectivity index (χ2n) is 8.03. The molecule has 2 heterocycles. The Balaban J connectivity index is 1.81. The van der Waals surface area contributed by atoms with Gasteiger partial charge in [0, 0.05) is 50.1 Å². The Morgan fingerprint density at radius 1 is 1.09 bits per heavy atom. The Bertz CT molecular complexity index is 1330. The van der Waals surface area contributed by atoms with Crippen LogP contribution in [0.3, 0.4) is 0 Å². The summed E-state index contributed by atoms with van der Waals surface area (Å²) >= 11 is 0. The second-order valence-corrected chi connectivity index (χ2v) is 10.1. The molecule has 1 aliphatic heterocycles. The predicted molar refractivity (Wildman–Crippen MR) is 117 cm³/mol. The number of carbonyl (C=O) groups is 1. The van der Waals surface area contributed by atoms with E-state index in [1.165, 1.54) is 33.5 Å². The number of hydrogen-bond acceptors (Lipinski definition) is 5. The highest BCUT2D eigenvalue weighted by atomic mass is 32.2. The fraction of sp³-hybridized carbons (Fsp3) is 0.318. The molecule has 0 N–H and O–H groups in total. The van der Waals surface area contributed by atoms with Crippen molar-refractivity contribution >= 4 is 32.6 Å².